The van der Waals surface area contributed by atoms with Crippen LogP contribution in [0.4, 0.5) is 0 Å². The van der Waals surface area contributed by atoms with Crippen LogP contribution in [-0.4, -0.2) is 24.5 Å². The predicted molar refractivity (Wildman–Crippen MR) is 69.6 cm³/mol. The van der Waals surface area contributed by atoms with Gasteiger partial charge in [0.1, 0.15) is 0 Å². The molecule has 1 aliphatic rings. The lowest BCUT2D eigenvalue weighted by molar-refractivity contribution is 0.200. The van der Waals surface area contributed by atoms with Crippen molar-refractivity contribution in [1.29, 1.82) is 0 Å². The fraction of sp³-hybridized carbons (Fsp3) is 0.600. The van der Waals surface area contributed by atoms with Crippen LogP contribution in [0.25, 0.3) is 0 Å². The second-order valence-electron chi connectivity index (χ2n) is 5.16. The first-order valence-corrected chi connectivity index (χ1v) is 6.61. The highest BCUT2D eigenvalue weighted by Gasteiger charge is 2.13. The highest BCUT2D eigenvalue weighted by atomic mass is 15.1. The van der Waals surface area contributed by atoms with Gasteiger partial charge in [0, 0.05) is 6.54 Å². The highest BCUT2D eigenvalue weighted by molar-refractivity contribution is 5.15. The van der Waals surface area contributed by atoms with Gasteiger partial charge >= 0.3 is 0 Å². The third-order valence-corrected chi connectivity index (χ3v) is 3.45. The van der Waals surface area contributed by atoms with Crippen LogP contribution in [0, 0.1) is 5.92 Å². The Bertz CT molecular complexity index is 288. The van der Waals surface area contributed by atoms with Gasteiger partial charge in [0.05, 0.1) is 0 Å². The topological polar surface area (TPSA) is 3.24 Å². The van der Waals surface area contributed by atoms with Crippen LogP contribution in [0.3, 0.4) is 0 Å². The fourth-order valence-corrected chi connectivity index (χ4v) is 2.66. The summed E-state index contributed by atoms with van der Waals surface area (Å²) in [6.45, 7) is 6.29. The van der Waals surface area contributed by atoms with E-state index < -0.39 is 0 Å². The third-order valence-electron chi connectivity index (χ3n) is 3.45. The molecule has 1 atom stereocenters. The Morgan fingerprint density at radius 3 is 2.44 bits per heavy atom. The standard InChI is InChI=1S/C15H23N/c1-14(12-15-8-4-2-5-9-15)13-16-10-6-3-7-11-16/h2,4-5,8-9,14H,3,6-7,10-13H2,1H3. The Hall–Kier alpha value is -0.820. The number of rotatable bonds is 4. The molecule has 1 nitrogen and oxygen atoms in total. The van der Waals surface area contributed by atoms with Crippen molar-refractivity contribution in [3.63, 3.8) is 0 Å². The average Bonchev–Trinajstić information content (AvgIpc) is 2.31. The first-order chi connectivity index (χ1) is 7.84. The van der Waals surface area contributed by atoms with Crippen LogP contribution in [0.5, 0.6) is 0 Å². The monoisotopic (exact) mass is 217 g/mol. The van der Waals surface area contributed by atoms with E-state index in [1.54, 1.807) is 0 Å². The van der Waals surface area contributed by atoms with E-state index in [9.17, 15) is 0 Å². The van der Waals surface area contributed by atoms with Gasteiger partial charge in [-0.15, -0.1) is 0 Å². The molecule has 0 radical (unpaired) electrons. The largest absolute Gasteiger partial charge is 0.303 e. The molecule has 16 heavy (non-hydrogen) atoms. The van der Waals surface area contributed by atoms with Crippen LogP contribution in [-0.2, 0) is 6.42 Å². The zero-order valence-corrected chi connectivity index (χ0v) is 10.4. The van der Waals surface area contributed by atoms with Gasteiger partial charge in [-0.2, -0.15) is 0 Å². The molecule has 0 bridgehead atoms. The number of piperidine rings is 1. The Morgan fingerprint density at radius 1 is 1.06 bits per heavy atom. The summed E-state index contributed by atoms with van der Waals surface area (Å²) in [7, 11) is 0. The molecule has 0 spiro atoms. The van der Waals surface area contributed by atoms with E-state index in [1.165, 1.54) is 50.9 Å². The van der Waals surface area contributed by atoms with Crippen LogP contribution in [0.15, 0.2) is 30.3 Å². The van der Waals surface area contributed by atoms with Gasteiger partial charge in [-0.3, -0.25) is 0 Å². The molecule has 1 aromatic rings. The Labute approximate surface area is 99.5 Å². The van der Waals surface area contributed by atoms with Crippen LogP contribution in [0.1, 0.15) is 31.7 Å². The Morgan fingerprint density at radius 2 is 1.75 bits per heavy atom. The molecule has 0 amide bonds. The van der Waals surface area contributed by atoms with Gasteiger partial charge in [0.2, 0.25) is 0 Å². The molecule has 1 unspecified atom stereocenters. The van der Waals surface area contributed by atoms with Crippen molar-refractivity contribution < 1.29 is 0 Å². The second-order valence-corrected chi connectivity index (χ2v) is 5.16. The van der Waals surface area contributed by atoms with E-state index in [4.69, 9.17) is 0 Å². The molecular weight excluding hydrogens is 194 g/mol. The van der Waals surface area contributed by atoms with Crippen molar-refractivity contribution in [1.82, 2.24) is 4.90 Å². The van der Waals surface area contributed by atoms with Crippen molar-refractivity contribution in [3.8, 4) is 0 Å². The van der Waals surface area contributed by atoms with Crippen LogP contribution < -0.4 is 0 Å². The summed E-state index contributed by atoms with van der Waals surface area (Å²) in [5.41, 5.74) is 1.48. The summed E-state index contributed by atoms with van der Waals surface area (Å²) in [5.74, 6) is 0.778. The Kier molecular flexibility index (Phi) is 4.41. The van der Waals surface area contributed by atoms with Crippen molar-refractivity contribution in [2.45, 2.75) is 32.6 Å². The van der Waals surface area contributed by atoms with Gasteiger partial charge in [0.25, 0.3) is 0 Å². The molecule has 0 aromatic heterocycles. The molecule has 1 heteroatoms. The van der Waals surface area contributed by atoms with E-state index in [-0.39, 0.29) is 0 Å². The van der Waals surface area contributed by atoms with E-state index in [0.717, 1.165) is 5.92 Å². The lowest BCUT2D eigenvalue weighted by Crippen LogP contribution is -2.34. The molecular formula is C15H23N. The van der Waals surface area contributed by atoms with E-state index in [0.29, 0.717) is 0 Å². The summed E-state index contributed by atoms with van der Waals surface area (Å²) in [6.07, 6.45) is 5.46. The lowest BCUT2D eigenvalue weighted by Gasteiger charge is -2.29. The summed E-state index contributed by atoms with van der Waals surface area (Å²) in [4.78, 5) is 2.64. The first kappa shape index (κ1) is 11.7. The summed E-state index contributed by atoms with van der Waals surface area (Å²) in [5, 5.41) is 0. The zero-order chi connectivity index (χ0) is 11.2. The van der Waals surface area contributed by atoms with E-state index in [2.05, 4.69) is 42.2 Å². The smallest absolute Gasteiger partial charge is 0.00102 e. The predicted octanol–water partition coefficient (Wildman–Crippen LogP) is 3.35. The van der Waals surface area contributed by atoms with Gasteiger partial charge < -0.3 is 4.90 Å². The second kappa shape index (κ2) is 6.05. The number of hydrogen-bond donors (Lipinski definition) is 0. The summed E-state index contributed by atoms with van der Waals surface area (Å²) >= 11 is 0. The molecule has 0 N–H and O–H groups in total. The van der Waals surface area contributed by atoms with Gasteiger partial charge in [-0.1, -0.05) is 43.7 Å². The fourth-order valence-electron chi connectivity index (χ4n) is 2.66. The van der Waals surface area contributed by atoms with Crippen LogP contribution >= 0.6 is 0 Å². The highest BCUT2D eigenvalue weighted by Crippen LogP contribution is 2.14. The molecule has 1 aromatic carbocycles. The molecule has 0 aliphatic carbocycles. The lowest BCUT2D eigenvalue weighted by atomic mass is 9.99. The maximum atomic E-state index is 2.64. The van der Waals surface area contributed by atoms with Gasteiger partial charge in [-0.05, 0) is 43.8 Å². The molecule has 0 saturated carbocycles. The molecule has 1 saturated heterocycles. The van der Waals surface area contributed by atoms with E-state index in [1.807, 2.05) is 0 Å². The van der Waals surface area contributed by atoms with Gasteiger partial charge in [-0.25, -0.2) is 0 Å². The number of hydrogen-bond acceptors (Lipinski definition) is 1. The maximum absolute atomic E-state index is 2.64. The number of likely N-dealkylation sites (tertiary alicyclic amines) is 1. The maximum Gasteiger partial charge on any atom is 0.00102 e. The van der Waals surface area contributed by atoms with E-state index >= 15 is 0 Å². The quantitative estimate of drug-likeness (QED) is 0.747. The van der Waals surface area contributed by atoms with Crippen molar-refractivity contribution in [2.24, 2.45) is 5.92 Å². The minimum atomic E-state index is 0.778. The molecule has 2 rings (SSSR count). The normalized spacial score (nSPS) is 19.6. The van der Waals surface area contributed by atoms with Crippen molar-refractivity contribution in [2.75, 3.05) is 19.6 Å². The Balaban J connectivity index is 1.77. The number of benzene rings is 1. The third kappa shape index (κ3) is 3.64. The van der Waals surface area contributed by atoms with Gasteiger partial charge in [0.15, 0.2) is 0 Å². The first-order valence-electron chi connectivity index (χ1n) is 6.61. The van der Waals surface area contributed by atoms with Crippen molar-refractivity contribution in [3.05, 3.63) is 35.9 Å². The molecule has 1 fully saturated rings. The minimum absolute atomic E-state index is 0.778. The molecule has 1 heterocycles. The van der Waals surface area contributed by atoms with Crippen LogP contribution in [0.2, 0.25) is 0 Å². The average molecular weight is 217 g/mol. The molecule has 88 valence electrons. The molecule has 1 aliphatic heterocycles. The minimum Gasteiger partial charge on any atom is -0.303 e. The summed E-state index contributed by atoms with van der Waals surface area (Å²) in [6, 6.07) is 10.9. The van der Waals surface area contributed by atoms with Crippen molar-refractivity contribution >= 4 is 0 Å². The summed E-state index contributed by atoms with van der Waals surface area (Å²) < 4.78 is 0. The zero-order valence-electron chi connectivity index (χ0n) is 10.4. The number of nitrogens with zero attached hydrogens (tertiary/aromatic N) is 1. The SMILES string of the molecule is CC(Cc1ccccc1)CN1CCCCC1.